The Kier molecular flexibility index (Phi) is 8.13. The molecule has 1 fully saturated rings. The van der Waals surface area contributed by atoms with Gasteiger partial charge in [-0.2, -0.15) is 26.3 Å². The molecule has 42 heavy (non-hydrogen) atoms. The SMILES string of the molecule is [C-]#[N+]c1cc(CN2C(=O)O[C@H](c3cc(C(F)(F)F)cc(C(F)(F)F)c3)[C@@H]2C)c(-c2cc(C(C)C)c(F)cc2OC)cn1. The summed E-state index contributed by atoms with van der Waals surface area (Å²) in [4.78, 5) is 21.5. The van der Waals surface area contributed by atoms with Crippen LogP contribution in [0.3, 0.4) is 0 Å². The second-order valence-electron chi connectivity index (χ2n) is 10.1. The van der Waals surface area contributed by atoms with Crippen LogP contribution in [0.4, 0.5) is 41.3 Å². The van der Waals surface area contributed by atoms with E-state index in [1.54, 1.807) is 19.9 Å². The molecule has 1 saturated heterocycles. The van der Waals surface area contributed by atoms with E-state index >= 15 is 0 Å². The summed E-state index contributed by atoms with van der Waals surface area (Å²) in [7, 11) is 1.34. The highest BCUT2D eigenvalue weighted by Crippen LogP contribution is 2.42. The number of halogens is 7. The van der Waals surface area contributed by atoms with Crippen molar-refractivity contribution in [3.63, 3.8) is 0 Å². The Balaban J connectivity index is 1.78. The zero-order valence-electron chi connectivity index (χ0n) is 22.7. The minimum absolute atomic E-state index is 0.000660. The van der Waals surface area contributed by atoms with Gasteiger partial charge in [-0.15, -0.1) is 4.98 Å². The molecule has 222 valence electrons. The van der Waals surface area contributed by atoms with Crippen molar-refractivity contribution in [3.8, 4) is 16.9 Å². The van der Waals surface area contributed by atoms with Gasteiger partial charge < -0.3 is 14.3 Å². The minimum Gasteiger partial charge on any atom is -0.496 e. The molecule has 3 aromatic rings. The Hall–Kier alpha value is -4.34. The Morgan fingerprint density at radius 1 is 1.02 bits per heavy atom. The first-order valence-corrected chi connectivity index (χ1v) is 12.6. The fourth-order valence-corrected chi connectivity index (χ4v) is 4.80. The zero-order valence-corrected chi connectivity index (χ0v) is 22.7. The number of cyclic esters (lactones) is 1. The zero-order chi connectivity index (χ0) is 31.1. The molecular formula is C29H24F7N3O3. The highest BCUT2D eigenvalue weighted by Gasteiger charge is 2.43. The van der Waals surface area contributed by atoms with Crippen LogP contribution < -0.4 is 4.74 Å². The second kappa shape index (κ2) is 11.2. The number of pyridine rings is 1. The largest absolute Gasteiger partial charge is 0.496 e. The topological polar surface area (TPSA) is 56.0 Å². The van der Waals surface area contributed by atoms with E-state index in [4.69, 9.17) is 16.0 Å². The number of ether oxygens (including phenoxy) is 2. The van der Waals surface area contributed by atoms with Crippen LogP contribution in [-0.2, 0) is 23.6 Å². The summed E-state index contributed by atoms with van der Waals surface area (Å²) in [6.45, 7) is 12.1. The molecule has 4 rings (SSSR count). The van der Waals surface area contributed by atoms with Gasteiger partial charge in [-0.3, -0.25) is 4.90 Å². The van der Waals surface area contributed by atoms with Gasteiger partial charge in [0.05, 0.1) is 24.3 Å². The third kappa shape index (κ3) is 5.98. The van der Waals surface area contributed by atoms with Crippen LogP contribution in [0.25, 0.3) is 16.0 Å². The normalized spacial score (nSPS) is 17.4. The van der Waals surface area contributed by atoms with Gasteiger partial charge in [-0.05, 0) is 59.9 Å². The molecule has 2 atom stereocenters. The molecule has 0 unspecified atom stereocenters. The van der Waals surface area contributed by atoms with Gasteiger partial charge in [-0.1, -0.05) is 20.4 Å². The lowest BCUT2D eigenvalue weighted by Gasteiger charge is -2.24. The molecule has 1 amide bonds. The predicted molar refractivity (Wildman–Crippen MR) is 137 cm³/mol. The summed E-state index contributed by atoms with van der Waals surface area (Å²) in [5.41, 5.74) is -2.04. The van der Waals surface area contributed by atoms with E-state index in [2.05, 4.69) is 9.83 Å². The van der Waals surface area contributed by atoms with Gasteiger partial charge >= 0.3 is 18.4 Å². The summed E-state index contributed by atoms with van der Waals surface area (Å²) >= 11 is 0. The lowest BCUT2D eigenvalue weighted by molar-refractivity contribution is -0.143. The molecule has 1 aromatic heterocycles. The maximum absolute atomic E-state index is 14.7. The monoisotopic (exact) mass is 595 g/mol. The van der Waals surface area contributed by atoms with Crippen molar-refractivity contribution >= 4 is 11.9 Å². The number of methoxy groups -OCH3 is 1. The highest BCUT2D eigenvalue weighted by molar-refractivity contribution is 5.76. The van der Waals surface area contributed by atoms with Crippen LogP contribution in [0.2, 0.25) is 0 Å². The molecule has 0 bridgehead atoms. The summed E-state index contributed by atoms with van der Waals surface area (Å²) < 4.78 is 106. The lowest BCUT2D eigenvalue weighted by atomic mass is 9.93. The minimum atomic E-state index is -5.08. The smallest absolute Gasteiger partial charge is 0.416 e. The average molecular weight is 596 g/mol. The fourth-order valence-electron chi connectivity index (χ4n) is 4.80. The molecule has 1 aliphatic rings. The van der Waals surface area contributed by atoms with E-state index < -0.39 is 53.1 Å². The Bertz CT molecular complexity index is 1530. The van der Waals surface area contributed by atoms with E-state index in [1.807, 2.05) is 0 Å². The number of nitrogens with zero attached hydrogens (tertiary/aromatic N) is 3. The molecular weight excluding hydrogens is 571 g/mol. The Labute approximate surface area is 236 Å². The van der Waals surface area contributed by atoms with Crippen LogP contribution >= 0.6 is 0 Å². The van der Waals surface area contributed by atoms with Gasteiger partial charge in [-0.25, -0.2) is 9.18 Å². The quantitative estimate of drug-likeness (QED) is 0.211. The molecule has 1 aliphatic heterocycles. The molecule has 0 spiro atoms. The van der Waals surface area contributed by atoms with Crippen molar-refractivity contribution < 1.29 is 45.0 Å². The average Bonchev–Trinajstić information content (AvgIpc) is 3.20. The number of carbonyl (C=O) groups is 1. The number of carbonyl (C=O) groups excluding carboxylic acids is 1. The summed E-state index contributed by atoms with van der Waals surface area (Å²) in [5, 5.41) is 0. The molecule has 2 aromatic carbocycles. The molecule has 13 heteroatoms. The van der Waals surface area contributed by atoms with Crippen molar-refractivity contribution in [2.24, 2.45) is 0 Å². The Morgan fingerprint density at radius 2 is 1.64 bits per heavy atom. The van der Waals surface area contributed by atoms with Crippen molar-refractivity contribution in [3.05, 3.63) is 87.6 Å². The Morgan fingerprint density at radius 3 is 2.17 bits per heavy atom. The number of rotatable bonds is 6. The molecule has 0 saturated carbocycles. The van der Waals surface area contributed by atoms with Crippen molar-refractivity contribution in [1.82, 2.24) is 9.88 Å². The van der Waals surface area contributed by atoms with E-state index in [0.29, 0.717) is 34.4 Å². The van der Waals surface area contributed by atoms with Crippen LogP contribution in [0, 0.1) is 12.4 Å². The maximum atomic E-state index is 14.7. The number of benzene rings is 2. The molecule has 2 heterocycles. The van der Waals surface area contributed by atoms with Crippen molar-refractivity contribution in [2.75, 3.05) is 7.11 Å². The van der Waals surface area contributed by atoms with E-state index in [1.165, 1.54) is 32.4 Å². The van der Waals surface area contributed by atoms with Gasteiger partial charge in [0.25, 0.3) is 5.82 Å². The predicted octanol–water partition coefficient (Wildman–Crippen LogP) is 8.69. The fraction of sp³-hybridized carbons (Fsp3) is 0.345. The standard InChI is InChI=1S/C29H24F7N3O3/c1-14(2)20-10-21(24(41-5)11-23(20)30)22-12-38-25(37-4)8-17(22)13-39-15(3)26(42-27(39)40)16-6-18(28(31,32)33)9-19(7-16)29(34,35)36/h6-12,14-15,26H,13H2,1-3,5H3/t15-,26-/m0/s1. The molecule has 0 radical (unpaired) electrons. The number of alkyl halides is 6. The highest BCUT2D eigenvalue weighted by atomic mass is 19.4. The van der Waals surface area contributed by atoms with Crippen LogP contribution in [0.5, 0.6) is 5.75 Å². The molecule has 6 nitrogen and oxygen atoms in total. The van der Waals surface area contributed by atoms with Gasteiger partial charge in [0, 0.05) is 23.7 Å². The van der Waals surface area contributed by atoms with Gasteiger partial charge in [0.15, 0.2) is 0 Å². The van der Waals surface area contributed by atoms with Crippen LogP contribution in [-0.4, -0.2) is 29.1 Å². The maximum Gasteiger partial charge on any atom is 0.416 e. The summed E-state index contributed by atoms with van der Waals surface area (Å²) in [6.07, 6.45) is -11.2. The second-order valence-corrected chi connectivity index (χ2v) is 10.1. The lowest BCUT2D eigenvalue weighted by Crippen LogP contribution is -2.31. The molecule has 0 N–H and O–H groups in total. The van der Waals surface area contributed by atoms with Crippen molar-refractivity contribution in [2.45, 2.75) is 57.7 Å². The molecule has 0 aliphatic carbocycles. The van der Waals surface area contributed by atoms with E-state index in [9.17, 15) is 35.5 Å². The third-order valence-corrected chi connectivity index (χ3v) is 6.99. The summed E-state index contributed by atoms with van der Waals surface area (Å²) in [6, 6.07) is 4.19. The first-order chi connectivity index (χ1) is 19.5. The first kappa shape index (κ1) is 30.6. The van der Waals surface area contributed by atoms with Gasteiger partial charge in [0.1, 0.15) is 23.9 Å². The van der Waals surface area contributed by atoms with Crippen molar-refractivity contribution in [1.29, 1.82) is 0 Å². The van der Waals surface area contributed by atoms with E-state index in [0.717, 1.165) is 4.90 Å². The van der Waals surface area contributed by atoms with Crippen LogP contribution in [0.1, 0.15) is 60.6 Å². The van der Waals surface area contributed by atoms with Gasteiger partial charge in [0.2, 0.25) is 0 Å². The van der Waals surface area contributed by atoms with E-state index in [-0.39, 0.29) is 30.1 Å². The number of hydrogen-bond donors (Lipinski definition) is 0. The van der Waals surface area contributed by atoms with Crippen LogP contribution in [0.15, 0.2) is 42.6 Å². The summed E-state index contributed by atoms with van der Waals surface area (Å²) in [5.74, 6) is -0.605. The number of aromatic nitrogens is 1. The number of hydrogen-bond acceptors (Lipinski definition) is 4. The third-order valence-electron chi connectivity index (χ3n) is 6.99. The first-order valence-electron chi connectivity index (χ1n) is 12.6. The number of amides is 1.